The number of nitrogens with zero attached hydrogens (tertiary/aromatic N) is 3. The minimum absolute atomic E-state index is 0.169. The highest BCUT2D eigenvalue weighted by Crippen LogP contribution is 2.27. The Morgan fingerprint density at radius 2 is 2.16 bits per heavy atom. The lowest BCUT2D eigenvalue weighted by molar-refractivity contribution is -0.0240. The van der Waals surface area contributed by atoms with Crippen molar-refractivity contribution in [2.24, 2.45) is 0 Å². The monoisotopic (exact) mass is 354 g/mol. The van der Waals surface area contributed by atoms with Crippen LogP contribution in [0.4, 0.5) is 5.82 Å². The van der Waals surface area contributed by atoms with E-state index in [2.05, 4.69) is 63.5 Å². The summed E-state index contributed by atoms with van der Waals surface area (Å²) in [4.78, 5) is 13.5. The summed E-state index contributed by atoms with van der Waals surface area (Å²) in [5.74, 6) is 0.901. The lowest BCUT2D eigenvalue weighted by Crippen LogP contribution is -2.44. The maximum atomic E-state index is 5.94. The third kappa shape index (κ3) is 3.98. The molecule has 1 aromatic carbocycles. The summed E-state index contributed by atoms with van der Waals surface area (Å²) in [6.07, 6.45) is 1.80. The number of anilines is 1. The molecule has 130 valence electrons. The molecule has 1 aliphatic rings. The van der Waals surface area contributed by atoms with Gasteiger partial charge in [0, 0.05) is 31.1 Å². The van der Waals surface area contributed by atoms with Crippen LogP contribution in [0.5, 0.6) is 0 Å². The Hall–Kier alpha value is -2.02. The van der Waals surface area contributed by atoms with E-state index in [-0.39, 0.29) is 6.10 Å². The van der Waals surface area contributed by atoms with E-state index < -0.39 is 0 Å². The number of benzene rings is 1. The first-order chi connectivity index (χ1) is 12.3. The Kier molecular flexibility index (Phi) is 4.92. The van der Waals surface area contributed by atoms with Crippen LogP contribution in [0.2, 0.25) is 0 Å². The highest BCUT2D eigenvalue weighted by molar-refractivity contribution is 7.18. The van der Waals surface area contributed by atoms with Crippen molar-refractivity contribution >= 4 is 27.4 Å². The molecule has 0 spiro atoms. The van der Waals surface area contributed by atoms with Crippen molar-refractivity contribution in [1.82, 2.24) is 14.9 Å². The van der Waals surface area contributed by atoms with Gasteiger partial charge in [0.15, 0.2) is 0 Å². The molecule has 2 aromatic heterocycles. The summed E-state index contributed by atoms with van der Waals surface area (Å²) in [6.45, 7) is 6.51. The highest BCUT2D eigenvalue weighted by Gasteiger charge is 2.21. The largest absolute Gasteiger partial charge is 0.374 e. The van der Waals surface area contributed by atoms with Crippen LogP contribution >= 0.6 is 11.3 Å². The molecule has 1 aliphatic heterocycles. The van der Waals surface area contributed by atoms with Crippen molar-refractivity contribution in [1.29, 1.82) is 0 Å². The number of thiophene rings is 1. The van der Waals surface area contributed by atoms with Gasteiger partial charge in [-0.05, 0) is 18.6 Å². The van der Waals surface area contributed by atoms with Gasteiger partial charge in [-0.1, -0.05) is 30.3 Å². The zero-order valence-corrected chi connectivity index (χ0v) is 15.1. The minimum Gasteiger partial charge on any atom is -0.374 e. The van der Waals surface area contributed by atoms with Gasteiger partial charge < -0.3 is 10.1 Å². The van der Waals surface area contributed by atoms with Crippen LogP contribution in [-0.2, 0) is 11.3 Å². The van der Waals surface area contributed by atoms with Gasteiger partial charge in [0.2, 0.25) is 0 Å². The predicted octanol–water partition coefficient (Wildman–Crippen LogP) is 3.31. The lowest BCUT2D eigenvalue weighted by atomic mass is 10.2. The Bertz CT molecular complexity index is 836. The highest BCUT2D eigenvalue weighted by atomic mass is 32.1. The smallest absolute Gasteiger partial charge is 0.138 e. The first kappa shape index (κ1) is 16.4. The molecule has 4 rings (SSSR count). The Labute approximate surface area is 151 Å². The SMILES string of the molecule is Cc1cc2c(NCC3CN(Cc4ccccc4)CCO3)ncnc2s1. The molecule has 0 aliphatic carbocycles. The second-order valence-electron chi connectivity index (χ2n) is 6.39. The normalized spacial score (nSPS) is 18.5. The molecule has 1 N–H and O–H groups in total. The molecule has 1 unspecified atom stereocenters. The Balaban J connectivity index is 1.37. The van der Waals surface area contributed by atoms with Gasteiger partial charge in [0.25, 0.3) is 0 Å². The van der Waals surface area contributed by atoms with E-state index in [1.54, 1.807) is 17.7 Å². The standard InChI is InChI=1S/C19H22N4OS/c1-14-9-17-18(21-13-22-19(17)25-14)20-10-16-12-23(7-8-24-16)11-15-5-3-2-4-6-15/h2-6,9,13,16H,7-8,10-12H2,1H3,(H,20,21,22). The van der Waals surface area contributed by atoms with Crippen LogP contribution in [0, 0.1) is 6.92 Å². The van der Waals surface area contributed by atoms with Crippen LogP contribution in [0.3, 0.4) is 0 Å². The van der Waals surface area contributed by atoms with E-state index in [0.29, 0.717) is 0 Å². The molecule has 3 aromatic rings. The van der Waals surface area contributed by atoms with Crippen molar-refractivity contribution in [3.63, 3.8) is 0 Å². The number of ether oxygens (including phenoxy) is 1. The van der Waals surface area contributed by atoms with Gasteiger partial charge >= 0.3 is 0 Å². The maximum Gasteiger partial charge on any atom is 0.138 e. The first-order valence-corrected chi connectivity index (χ1v) is 9.42. The molecule has 1 atom stereocenters. The van der Waals surface area contributed by atoms with E-state index in [4.69, 9.17) is 4.74 Å². The summed E-state index contributed by atoms with van der Waals surface area (Å²) >= 11 is 1.70. The summed E-state index contributed by atoms with van der Waals surface area (Å²) in [5.41, 5.74) is 1.35. The molecule has 0 bridgehead atoms. The molecule has 25 heavy (non-hydrogen) atoms. The second kappa shape index (κ2) is 7.47. The van der Waals surface area contributed by atoms with Crippen molar-refractivity contribution < 1.29 is 4.74 Å². The van der Waals surface area contributed by atoms with Crippen LogP contribution in [0.25, 0.3) is 10.2 Å². The molecule has 6 heteroatoms. The van der Waals surface area contributed by atoms with E-state index in [9.17, 15) is 0 Å². The Morgan fingerprint density at radius 1 is 1.28 bits per heavy atom. The number of fused-ring (bicyclic) bond motifs is 1. The van der Waals surface area contributed by atoms with Gasteiger partial charge in [-0.15, -0.1) is 11.3 Å². The number of hydrogen-bond donors (Lipinski definition) is 1. The minimum atomic E-state index is 0.169. The number of aryl methyl sites for hydroxylation is 1. The quantitative estimate of drug-likeness (QED) is 0.762. The average molecular weight is 354 g/mol. The molecule has 5 nitrogen and oxygen atoms in total. The summed E-state index contributed by atoms with van der Waals surface area (Å²) in [5, 5.41) is 4.56. The van der Waals surface area contributed by atoms with Crippen LogP contribution < -0.4 is 5.32 Å². The molecule has 0 saturated carbocycles. The van der Waals surface area contributed by atoms with Crippen LogP contribution in [-0.4, -0.2) is 47.2 Å². The first-order valence-electron chi connectivity index (χ1n) is 8.61. The number of morpholine rings is 1. The van der Waals surface area contributed by atoms with E-state index >= 15 is 0 Å². The molecule has 1 fully saturated rings. The lowest BCUT2D eigenvalue weighted by Gasteiger charge is -2.33. The third-order valence-corrected chi connectivity index (χ3v) is 5.38. The van der Waals surface area contributed by atoms with Gasteiger partial charge in [0.05, 0.1) is 18.1 Å². The summed E-state index contributed by atoms with van der Waals surface area (Å²) in [6, 6.07) is 12.8. The number of hydrogen-bond acceptors (Lipinski definition) is 6. The molecule has 0 radical (unpaired) electrons. The van der Waals surface area contributed by atoms with Crippen molar-refractivity contribution in [3.8, 4) is 0 Å². The second-order valence-corrected chi connectivity index (χ2v) is 7.63. The van der Waals surface area contributed by atoms with E-state index in [1.807, 2.05) is 0 Å². The molecule has 1 saturated heterocycles. The van der Waals surface area contributed by atoms with Gasteiger partial charge in [0.1, 0.15) is 17.0 Å². The average Bonchev–Trinajstić information content (AvgIpc) is 3.02. The summed E-state index contributed by atoms with van der Waals surface area (Å²) in [7, 11) is 0. The van der Waals surface area contributed by atoms with Gasteiger partial charge in [-0.2, -0.15) is 0 Å². The molecule has 3 heterocycles. The molecular formula is C19H22N4OS. The topological polar surface area (TPSA) is 50.3 Å². The zero-order valence-electron chi connectivity index (χ0n) is 14.3. The van der Waals surface area contributed by atoms with Gasteiger partial charge in [-0.25, -0.2) is 9.97 Å². The fraction of sp³-hybridized carbons (Fsp3) is 0.368. The molecule has 0 amide bonds. The van der Waals surface area contributed by atoms with Crippen molar-refractivity contribution in [2.75, 3.05) is 31.6 Å². The molecular weight excluding hydrogens is 332 g/mol. The summed E-state index contributed by atoms with van der Waals surface area (Å²) < 4.78 is 5.94. The van der Waals surface area contributed by atoms with E-state index in [0.717, 1.165) is 48.8 Å². The number of aromatic nitrogens is 2. The van der Waals surface area contributed by atoms with E-state index in [1.165, 1.54) is 10.4 Å². The predicted molar refractivity (Wildman–Crippen MR) is 102 cm³/mol. The third-order valence-electron chi connectivity index (χ3n) is 4.42. The van der Waals surface area contributed by atoms with Gasteiger partial charge in [-0.3, -0.25) is 4.90 Å². The fourth-order valence-corrected chi connectivity index (χ4v) is 4.06. The zero-order chi connectivity index (χ0) is 17.1. The van der Waals surface area contributed by atoms with Crippen LogP contribution in [0.15, 0.2) is 42.7 Å². The Morgan fingerprint density at radius 3 is 3.04 bits per heavy atom. The number of nitrogens with one attached hydrogen (secondary N) is 1. The van der Waals surface area contributed by atoms with Crippen molar-refractivity contribution in [3.05, 3.63) is 53.2 Å². The fourth-order valence-electron chi connectivity index (χ4n) is 3.22. The maximum absolute atomic E-state index is 5.94. The van der Waals surface area contributed by atoms with Crippen LogP contribution in [0.1, 0.15) is 10.4 Å². The number of rotatable bonds is 5. The van der Waals surface area contributed by atoms with Crippen molar-refractivity contribution in [2.45, 2.75) is 19.6 Å².